The molecule has 1 unspecified atom stereocenters. The quantitative estimate of drug-likeness (QED) is 0.759. The number of carbonyl (C=O) groups excluding carboxylic acids is 1. The van der Waals surface area contributed by atoms with Crippen molar-refractivity contribution in [2.45, 2.75) is 45.4 Å². The molecular formula is C24H29NO2. The molecule has 1 atom stereocenters. The van der Waals surface area contributed by atoms with E-state index in [1.807, 2.05) is 11.8 Å². The van der Waals surface area contributed by atoms with E-state index in [1.165, 1.54) is 22.3 Å². The summed E-state index contributed by atoms with van der Waals surface area (Å²) < 4.78 is 5.66. The Kier molecular flexibility index (Phi) is 4.81. The van der Waals surface area contributed by atoms with E-state index < -0.39 is 0 Å². The molecule has 0 N–H and O–H groups in total. The molecule has 1 fully saturated rings. The third-order valence-electron chi connectivity index (χ3n) is 6.45. The van der Waals surface area contributed by atoms with Crippen LogP contribution in [-0.4, -0.2) is 25.7 Å². The molecule has 27 heavy (non-hydrogen) atoms. The third kappa shape index (κ3) is 3.19. The van der Waals surface area contributed by atoms with Crippen LogP contribution in [0.3, 0.4) is 0 Å². The molecule has 3 heteroatoms. The fourth-order valence-corrected chi connectivity index (χ4v) is 4.42. The molecule has 2 heterocycles. The highest BCUT2D eigenvalue weighted by Gasteiger charge is 2.46. The van der Waals surface area contributed by atoms with Crippen molar-refractivity contribution in [1.29, 1.82) is 0 Å². The first kappa shape index (κ1) is 18.2. The van der Waals surface area contributed by atoms with Crippen molar-refractivity contribution in [1.82, 2.24) is 0 Å². The lowest BCUT2D eigenvalue weighted by Gasteiger charge is -2.34. The normalized spacial score (nSPS) is 19.1. The topological polar surface area (TPSA) is 29.5 Å². The van der Waals surface area contributed by atoms with Gasteiger partial charge in [0.15, 0.2) is 0 Å². The summed E-state index contributed by atoms with van der Waals surface area (Å²) in [6.07, 6.45) is 2.85. The summed E-state index contributed by atoms with van der Waals surface area (Å²) >= 11 is 0. The first-order valence-corrected chi connectivity index (χ1v) is 10.1. The number of hydrogen-bond acceptors (Lipinski definition) is 2. The van der Waals surface area contributed by atoms with Gasteiger partial charge in [-0.15, -0.1) is 0 Å². The lowest BCUT2D eigenvalue weighted by atomic mass is 9.75. The van der Waals surface area contributed by atoms with Crippen LogP contribution >= 0.6 is 0 Å². The van der Waals surface area contributed by atoms with Crippen LogP contribution in [0.1, 0.15) is 44.2 Å². The van der Waals surface area contributed by atoms with Crippen molar-refractivity contribution in [3.8, 4) is 11.1 Å². The number of hydrogen-bond donors (Lipinski definition) is 0. The maximum absolute atomic E-state index is 13.1. The SMILES string of the molecule is CCC(C)C(=O)N1CC2(CCOCC2)c2cc(-c3ccc(C)cc3)ccc21. The highest BCUT2D eigenvalue weighted by atomic mass is 16.5. The number of nitrogens with zero attached hydrogens (tertiary/aromatic N) is 1. The van der Waals surface area contributed by atoms with Crippen LogP contribution in [0.2, 0.25) is 0 Å². The number of carbonyl (C=O) groups is 1. The van der Waals surface area contributed by atoms with Crippen molar-refractivity contribution < 1.29 is 9.53 Å². The maximum Gasteiger partial charge on any atom is 0.229 e. The van der Waals surface area contributed by atoms with E-state index in [2.05, 4.69) is 56.3 Å². The predicted octanol–water partition coefficient (Wildman–Crippen LogP) is 5.10. The van der Waals surface area contributed by atoms with Crippen LogP contribution in [0.25, 0.3) is 11.1 Å². The van der Waals surface area contributed by atoms with Crippen LogP contribution in [0, 0.1) is 12.8 Å². The fourth-order valence-electron chi connectivity index (χ4n) is 4.42. The molecule has 2 aliphatic heterocycles. The zero-order valence-electron chi connectivity index (χ0n) is 16.6. The monoisotopic (exact) mass is 363 g/mol. The van der Waals surface area contributed by atoms with Crippen LogP contribution in [0.15, 0.2) is 42.5 Å². The van der Waals surface area contributed by atoms with Gasteiger partial charge in [0.25, 0.3) is 0 Å². The summed E-state index contributed by atoms with van der Waals surface area (Å²) in [6, 6.07) is 15.3. The van der Waals surface area contributed by atoms with Gasteiger partial charge in [-0.05, 0) is 55.0 Å². The highest BCUT2D eigenvalue weighted by Crippen LogP contribution is 2.48. The Hall–Kier alpha value is -2.13. The van der Waals surface area contributed by atoms with E-state index >= 15 is 0 Å². The smallest absolute Gasteiger partial charge is 0.229 e. The summed E-state index contributed by atoms with van der Waals surface area (Å²) in [5, 5.41) is 0. The molecule has 0 aliphatic carbocycles. The summed E-state index contributed by atoms with van der Waals surface area (Å²) in [7, 11) is 0. The molecule has 1 amide bonds. The molecule has 2 aromatic carbocycles. The van der Waals surface area contributed by atoms with Gasteiger partial charge in [-0.25, -0.2) is 0 Å². The van der Waals surface area contributed by atoms with Gasteiger partial charge in [0.1, 0.15) is 0 Å². The first-order chi connectivity index (χ1) is 13.0. The molecule has 2 aliphatic rings. The number of rotatable bonds is 3. The average molecular weight is 364 g/mol. The number of benzene rings is 2. The maximum atomic E-state index is 13.1. The Morgan fingerprint density at radius 1 is 1.11 bits per heavy atom. The molecule has 142 valence electrons. The molecule has 1 saturated heterocycles. The number of aryl methyl sites for hydroxylation is 1. The Labute approximate surface area is 162 Å². The molecule has 0 aromatic heterocycles. The molecule has 0 saturated carbocycles. The van der Waals surface area contributed by atoms with Crippen molar-refractivity contribution >= 4 is 11.6 Å². The van der Waals surface area contributed by atoms with E-state index in [0.717, 1.165) is 44.7 Å². The summed E-state index contributed by atoms with van der Waals surface area (Å²) in [5.41, 5.74) is 6.22. The molecular weight excluding hydrogens is 334 g/mol. The fraction of sp³-hybridized carbons (Fsp3) is 0.458. The van der Waals surface area contributed by atoms with Gasteiger partial charge in [-0.1, -0.05) is 49.7 Å². The van der Waals surface area contributed by atoms with E-state index in [1.54, 1.807) is 0 Å². The van der Waals surface area contributed by atoms with Crippen molar-refractivity contribution in [3.05, 3.63) is 53.6 Å². The van der Waals surface area contributed by atoms with Crippen LogP contribution in [-0.2, 0) is 14.9 Å². The van der Waals surface area contributed by atoms with E-state index in [9.17, 15) is 4.79 Å². The Morgan fingerprint density at radius 3 is 2.44 bits per heavy atom. The average Bonchev–Trinajstić information content (AvgIpc) is 3.01. The summed E-state index contributed by atoms with van der Waals surface area (Å²) in [5.74, 6) is 0.315. The molecule has 0 bridgehead atoms. The predicted molar refractivity (Wildman–Crippen MR) is 110 cm³/mol. The van der Waals surface area contributed by atoms with Gasteiger partial charge in [0.2, 0.25) is 5.91 Å². The highest BCUT2D eigenvalue weighted by molar-refractivity contribution is 5.98. The Balaban J connectivity index is 1.78. The van der Waals surface area contributed by atoms with Gasteiger partial charge in [-0.3, -0.25) is 4.79 Å². The van der Waals surface area contributed by atoms with Gasteiger partial charge in [-0.2, -0.15) is 0 Å². The zero-order chi connectivity index (χ0) is 19.0. The van der Waals surface area contributed by atoms with Crippen molar-refractivity contribution in [2.75, 3.05) is 24.7 Å². The molecule has 3 nitrogen and oxygen atoms in total. The first-order valence-electron chi connectivity index (χ1n) is 10.1. The van der Waals surface area contributed by atoms with Gasteiger partial charge in [0, 0.05) is 36.8 Å². The lowest BCUT2D eigenvalue weighted by molar-refractivity contribution is -0.122. The number of fused-ring (bicyclic) bond motifs is 2. The minimum atomic E-state index is 0.0391. The largest absolute Gasteiger partial charge is 0.381 e. The Morgan fingerprint density at radius 2 is 1.78 bits per heavy atom. The summed E-state index contributed by atoms with van der Waals surface area (Å²) in [4.78, 5) is 15.1. The minimum Gasteiger partial charge on any atom is -0.381 e. The van der Waals surface area contributed by atoms with E-state index in [0.29, 0.717) is 0 Å². The van der Waals surface area contributed by atoms with Gasteiger partial charge < -0.3 is 9.64 Å². The summed E-state index contributed by atoms with van der Waals surface area (Å²) in [6.45, 7) is 8.59. The standard InChI is InChI=1S/C24H29NO2/c1-4-18(3)23(26)25-16-24(11-13-27-14-12-24)21-15-20(9-10-22(21)25)19-7-5-17(2)6-8-19/h5-10,15,18H,4,11-14,16H2,1-3H3. The van der Waals surface area contributed by atoms with Crippen LogP contribution < -0.4 is 4.90 Å². The molecule has 0 radical (unpaired) electrons. The second-order valence-corrected chi connectivity index (χ2v) is 8.22. The lowest BCUT2D eigenvalue weighted by Crippen LogP contribution is -2.42. The van der Waals surface area contributed by atoms with E-state index in [-0.39, 0.29) is 17.2 Å². The molecule has 1 spiro atoms. The van der Waals surface area contributed by atoms with E-state index in [4.69, 9.17) is 4.74 Å². The number of amides is 1. The second-order valence-electron chi connectivity index (χ2n) is 8.22. The second kappa shape index (κ2) is 7.12. The molecule has 4 rings (SSSR count). The van der Waals surface area contributed by atoms with Gasteiger partial charge in [0.05, 0.1) is 0 Å². The van der Waals surface area contributed by atoms with Crippen LogP contribution in [0.5, 0.6) is 0 Å². The Bertz CT molecular complexity index is 834. The van der Waals surface area contributed by atoms with Crippen molar-refractivity contribution in [2.24, 2.45) is 5.92 Å². The minimum absolute atomic E-state index is 0.0391. The third-order valence-corrected chi connectivity index (χ3v) is 6.45. The number of ether oxygens (including phenoxy) is 1. The van der Waals surface area contributed by atoms with Crippen LogP contribution in [0.4, 0.5) is 5.69 Å². The van der Waals surface area contributed by atoms with Gasteiger partial charge >= 0.3 is 0 Å². The zero-order valence-corrected chi connectivity index (χ0v) is 16.6. The number of anilines is 1. The molecule has 2 aromatic rings. The van der Waals surface area contributed by atoms with Crippen molar-refractivity contribution in [3.63, 3.8) is 0 Å².